The zero-order valence-electron chi connectivity index (χ0n) is 13.7. The zero-order valence-corrected chi connectivity index (χ0v) is 15.2. The van der Waals surface area contributed by atoms with Gasteiger partial charge in [0.1, 0.15) is 16.5 Å². The van der Waals surface area contributed by atoms with E-state index in [1.54, 1.807) is 30.9 Å². The summed E-state index contributed by atoms with van der Waals surface area (Å²) in [5, 5.41) is 0.229. The van der Waals surface area contributed by atoms with Crippen molar-refractivity contribution in [3.05, 3.63) is 45.1 Å². The van der Waals surface area contributed by atoms with Gasteiger partial charge in [0, 0.05) is 18.1 Å². The number of pyridine rings is 1. The minimum absolute atomic E-state index is 0.0603. The summed E-state index contributed by atoms with van der Waals surface area (Å²) in [5.41, 5.74) is 1.47. The number of hydrogen-bond donors (Lipinski definition) is 0. The minimum Gasteiger partial charge on any atom is -0.436 e. The lowest BCUT2D eigenvalue weighted by Crippen LogP contribution is -2.37. The molecule has 25 heavy (non-hydrogen) atoms. The van der Waals surface area contributed by atoms with Crippen molar-refractivity contribution in [3.8, 4) is 11.6 Å². The predicted octanol–water partition coefficient (Wildman–Crippen LogP) is 4.91. The third kappa shape index (κ3) is 3.66. The summed E-state index contributed by atoms with van der Waals surface area (Å²) in [6.07, 6.45) is 0. The van der Waals surface area contributed by atoms with Gasteiger partial charge in [0.05, 0.1) is 13.2 Å². The lowest BCUT2D eigenvalue weighted by Gasteiger charge is -2.30. The van der Waals surface area contributed by atoms with Crippen molar-refractivity contribution in [1.29, 1.82) is 0 Å². The second-order valence-corrected chi connectivity index (χ2v) is 6.51. The van der Waals surface area contributed by atoms with Gasteiger partial charge < -0.3 is 14.4 Å². The average Bonchev–Trinajstić information content (AvgIpc) is 2.58. The van der Waals surface area contributed by atoms with Crippen LogP contribution in [0.15, 0.2) is 12.1 Å². The number of aryl methyl sites for hydroxylation is 2. The van der Waals surface area contributed by atoms with Crippen LogP contribution in [0.25, 0.3) is 0 Å². The summed E-state index contributed by atoms with van der Waals surface area (Å²) < 4.78 is 39.8. The van der Waals surface area contributed by atoms with E-state index in [1.165, 1.54) is 0 Å². The molecule has 0 spiro atoms. The molecule has 1 aliphatic heterocycles. The zero-order chi connectivity index (χ0) is 18.1. The van der Waals surface area contributed by atoms with Crippen LogP contribution in [0.2, 0.25) is 10.0 Å². The van der Waals surface area contributed by atoms with Gasteiger partial charge in [-0.2, -0.15) is 13.8 Å². The molecule has 1 fully saturated rings. The van der Waals surface area contributed by atoms with Crippen molar-refractivity contribution < 1.29 is 18.3 Å². The highest BCUT2D eigenvalue weighted by molar-refractivity contribution is 6.33. The molecular weight excluding hydrogens is 373 g/mol. The molecule has 1 aromatic heterocycles. The lowest BCUT2D eigenvalue weighted by molar-refractivity contribution is 0.122. The SMILES string of the molecule is Cc1cc(Oc2nc(F)c(Cl)c(N3CCOCC3)c2F)cc(C)c1Cl. The molecule has 0 aliphatic carbocycles. The van der Waals surface area contributed by atoms with Gasteiger partial charge in [0.25, 0.3) is 5.88 Å². The van der Waals surface area contributed by atoms with Crippen LogP contribution in [0.5, 0.6) is 11.6 Å². The molecule has 0 amide bonds. The maximum Gasteiger partial charge on any atom is 0.260 e. The van der Waals surface area contributed by atoms with E-state index in [4.69, 9.17) is 32.7 Å². The summed E-state index contributed by atoms with van der Waals surface area (Å²) in [7, 11) is 0. The fourth-order valence-electron chi connectivity index (χ4n) is 2.69. The third-order valence-electron chi connectivity index (χ3n) is 3.94. The number of hydrogen-bond acceptors (Lipinski definition) is 4. The van der Waals surface area contributed by atoms with Gasteiger partial charge in [0.2, 0.25) is 11.8 Å². The van der Waals surface area contributed by atoms with Gasteiger partial charge in [-0.3, -0.25) is 0 Å². The Balaban J connectivity index is 2.01. The Morgan fingerprint density at radius 2 is 1.68 bits per heavy atom. The topological polar surface area (TPSA) is 34.6 Å². The molecule has 0 radical (unpaired) electrons. The Bertz CT molecular complexity index is 789. The number of ether oxygens (including phenoxy) is 2. The van der Waals surface area contributed by atoms with Gasteiger partial charge in [-0.1, -0.05) is 23.2 Å². The van der Waals surface area contributed by atoms with Crippen LogP contribution in [0, 0.1) is 25.6 Å². The quantitative estimate of drug-likeness (QED) is 0.699. The number of aromatic nitrogens is 1. The summed E-state index contributed by atoms with van der Waals surface area (Å²) in [4.78, 5) is 5.14. The second kappa shape index (κ2) is 7.32. The monoisotopic (exact) mass is 388 g/mol. The largest absolute Gasteiger partial charge is 0.436 e. The summed E-state index contributed by atoms with van der Waals surface area (Å²) in [6.45, 7) is 5.22. The van der Waals surface area contributed by atoms with E-state index in [2.05, 4.69) is 4.98 Å². The number of rotatable bonds is 3. The van der Waals surface area contributed by atoms with Crippen LogP contribution >= 0.6 is 23.2 Å². The van der Waals surface area contributed by atoms with Gasteiger partial charge in [-0.15, -0.1) is 0 Å². The van der Waals surface area contributed by atoms with E-state index in [9.17, 15) is 8.78 Å². The molecule has 1 saturated heterocycles. The van der Waals surface area contributed by atoms with E-state index < -0.39 is 17.6 Å². The third-order valence-corrected chi connectivity index (χ3v) is 4.87. The molecule has 0 atom stereocenters. The van der Waals surface area contributed by atoms with Gasteiger partial charge >= 0.3 is 0 Å². The molecule has 1 aliphatic rings. The van der Waals surface area contributed by atoms with Crippen LogP contribution < -0.4 is 9.64 Å². The van der Waals surface area contributed by atoms with Crippen molar-refractivity contribution in [3.63, 3.8) is 0 Å². The van der Waals surface area contributed by atoms with Crippen molar-refractivity contribution in [2.45, 2.75) is 13.8 Å². The molecule has 4 nitrogen and oxygen atoms in total. The highest BCUT2D eigenvalue weighted by Gasteiger charge is 2.26. The van der Waals surface area contributed by atoms with Crippen molar-refractivity contribution in [2.24, 2.45) is 0 Å². The maximum absolute atomic E-state index is 14.9. The first kappa shape index (κ1) is 18.2. The predicted molar refractivity (Wildman–Crippen MR) is 93.2 cm³/mol. The molecule has 2 heterocycles. The van der Waals surface area contributed by atoms with Gasteiger partial charge in [-0.05, 0) is 37.1 Å². The van der Waals surface area contributed by atoms with E-state index in [0.717, 1.165) is 11.1 Å². The highest BCUT2D eigenvalue weighted by atomic mass is 35.5. The Labute approximate surface area is 154 Å². The normalized spacial score (nSPS) is 14.7. The first-order valence-corrected chi connectivity index (χ1v) is 8.46. The molecule has 8 heteroatoms. The highest BCUT2D eigenvalue weighted by Crippen LogP contribution is 2.38. The van der Waals surface area contributed by atoms with Crippen LogP contribution in [-0.4, -0.2) is 31.3 Å². The molecule has 2 aromatic rings. The van der Waals surface area contributed by atoms with Gasteiger partial charge in [0.15, 0.2) is 0 Å². The Morgan fingerprint density at radius 3 is 2.28 bits per heavy atom. The number of halogens is 4. The summed E-state index contributed by atoms with van der Waals surface area (Å²) >= 11 is 12.1. The van der Waals surface area contributed by atoms with E-state index in [0.29, 0.717) is 37.1 Å². The van der Waals surface area contributed by atoms with E-state index in [1.807, 2.05) is 0 Å². The second-order valence-electron chi connectivity index (χ2n) is 5.76. The van der Waals surface area contributed by atoms with Crippen LogP contribution in [0.3, 0.4) is 0 Å². The average molecular weight is 389 g/mol. The van der Waals surface area contributed by atoms with Crippen LogP contribution in [-0.2, 0) is 4.74 Å². The smallest absolute Gasteiger partial charge is 0.260 e. The van der Waals surface area contributed by atoms with Crippen molar-refractivity contribution in [2.75, 3.05) is 31.2 Å². The Kier molecular flexibility index (Phi) is 5.32. The fraction of sp³-hybridized carbons (Fsp3) is 0.353. The van der Waals surface area contributed by atoms with Gasteiger partial charge in [-0.25, -0.2) is 0 Å². The summed E-state index contributed by atoms with van der Waals surface area (Å²) in [5.74, 6) is -1.94. The number of morpholine rings is 1. The maximum atomic E-state index is 14.9. The number of nitrogens with zero attached hydrogens (tertiary/aromatic N) is 2. The molecule has 3 rings (SSSR count). The molecule has 0 unspecified atom stereocenters. The Hall–Kier alpha value is -1.63. The molecule has 0 saturated carbocycles. The standard InChI is InChI=1S/C17H16Cl2F2N2O2/c1-9-7-11(8-10(2)12(9)18)25-17-14(20)15(13(19)16(21)22-17)23-3-5-24-6-4-23/h7-8H,3-6H2,1-2H3. The lowest BCUT2D eigenvalue weighted by atomic mass is 10.1. The van der Waals surface area contributed by atoms with Crippen molar-refractivity contribution >= 4 is 28.9 Å². The molecule has 0 N–H and O–H groups in total. The van der Waals surface area contributed by atoms with E-state index >= 15 is 0 Å². The van der Waals surface area contributed by atoms with Crippen LogP contribution in [0.4, 0.5) is 14.5 Å². The number of benzene rings is 1. The molecule has 134 valence electrons. The fourth-order valence-corrected chi connectivity index (χ4v) is 3.05. The molecular formula is C17H16Cl2F2N2O2. The van der Waals surface area contributed by atoms with E-state index in [-0.39, 0.29) is 10.7 Å². The van der Waals surface area contributed by atoms with Crippen molar-refractivity contribution in [1.82, 2.24) is 4.98 Å². The first-order valence-electron chi connectivity index (χ1n) is 7.70. The first-order chi connectivity index (χ1) is 11.9. The Morgan fingerprint density at radius 1 is 1.08 bits per heavy atom. The minimum atomic E-state index is -0.984. The molecule has 1 aromatic carbocycles. The molecule has 0 bridgehead atoms. The summed E-state index contributed by atoms with van der Waals surface area (Å²) in [6, 6.07) is 3.27. The van der Waals surface area contributed by atoms with Crippen LogP contribution in [0.1, 0.15) is 11.1 Å². The number of anilines is 1.